The normalized spacial score (nSPS) is 12.3. The van der Waals surface area contributed by atoms with Crippen molar-refractivity contribution in [1.82, 2.24) is 4.57 Å². The van der Waals surface area contributed by atoms with Gasteiger partial charge in [-0.2, -0.15) is 0 Å². The molecule has 0 fully saturated rings. The van der Waals surface area contributed by atoms with E-state index in [0.717, 1.165) is 18.4 Å². The fourth-order valence-electron chi connectivity index (χ4n) is 4.12. The lowest BCUT2D eigenvalue weighted by Crippen LogP contribution is -2.23. The molecule has 132 valence electrons. The van der Waals surface area contributed by atoms with Gasteiger partial charge in [0, 0.05) is 33.6 Å². The van der Waals surface area contributed by atoms with Crippen molar-refractivity contribution >= 4 is 10.9 Å². The Morgan fingerprint density at radius 2 is 1.64 bits per heavy atom. The molecule has 0 N–H and O–H groups in total. The number of hydrogen-bond donors (Lipinski definition) is 0. The van der Waals surface area contributed by atoms with Crippen LogP contribution in [0.4, 0.5) is 4.39 Å². The van der Waals surface area contributed by atoms with E-state index in [0.29, 0.717) is 6.04 Å². The Hall–Kier alpha value is -2.09. The van der Waals surface area contributed by atoms with Gasteiger partial charge in [0.2, 0.25) is 0 Å². The van der Waals surface area contributed by atoms with E-state index in [2.05, 4.69) is 63.5 Å². The van der Waals surface area contributed by atoms with E-state index in [-0.39, 0.29) is 11.2 Å². The molecule has 0 saturated heterocycles. The van der Waals surface area contributed by atoms with Gasteiger partial charge in [0.15, 0.2) is 0 Å². The first-order valence-corrected chi connectivity index (χ1v) is 9.26. The summed E-state index contributed by atoms with van der Waals surface area (Å²) in [5, 5.41) is 1.25. The lowest BCUT2D eigenvalue weighted by atomic mass is 9.80. The van der Waals surface area contributed by atoms with Gasteiger partial charge in [-0.25, -0.2) is 4.39 Å². The first-order valence-electron chi connectivity index (χ1n) is 9.26. The number of halogens is 1. The summed E-state index contributed by atoms with van der Waals surface area (Å²) in [5.41, 5.74) is 5.01. The third kappa shape index (κ3) is 3.10. The molecule has 2 aromatic carbocycles. The molecule has 0 aliphatic rings. The predicted molar refractivity (Wildman–Crippen MR) is 106 cm³/mol. The Morgan fingerprint density at radius 3 is 2.24 bits per heavy atom. The second-order valence-corrected chi connectivity index (χ2v) is 7.85. The minimum absolute atomic E-state index is 0.0434. The zero-order valence-corrected chi connectivity index (χ0v) is 15.9. The van der Waals surface area contributed by atoms with Gasteiger partial charge < -0.3 is 4.57 Å². The third-order valence-electron chi connectivity index (χ3n) is 5.08. The summed E-state index contributed by atoms with van der Waals surface area (Å²) in [4.78, 5) is 0. The largest absolute Gasteiger partial charge is 0.341 e. The summed E-state index contributed by atoms with van der Waals surface area (Å²) in [7, 11) is 0. The first-order chi connectivity index (χ1) is 11.9. The van der Waals surface area contributed by atoms with Crippen molar-refractivity contribution in [2.75, 3.05) is 0 Å². The Labute approximate surface area is 150 Å². The zero-order chi connectivity index (χ0) is 18.2. The van der Waals surface area contributed by atoms with Crippen molar-refractivity contribution in [2.45, 2.75) is 58.9 Å². The average molecular weight is 337 g/mol. The summed E-state index contributed by atoms with van der Waals surface area (Å²) in [6.45, 7) is 11.4. The summed E-state index contributed by atoms with van der Waals surface area (Å²) >= 11 is 0. The SMILES string of the molecule is CCCC(C)(C)c1c(-c2ccc(F)cc2)c2ccccc2n1C(C)C. The molecule has 1 nitrogen and oxygen atoms in total. The first kappa shape index (κ1) is 17.7. The topological polar surface area (TPSA) is 4.93 Å². The van der Waals surface area contributed by atoms with Crippen molar-refractivity contribution in [2.24, 2.45) is 0 Å². The van der Waals surface area contributed by atoms with Crippen LogP contribution in [-0.4, -0.2) is 4.57 Å². The van der Waals surface area contributed by atoms with Crippen molar-refractivity contribution in [3.8, 4) is 11.1 Å². The number of para-hydroxylation sites is 1. The zero-order valence-electron chi connectivity index (χ0n) is 15.9. The summed E-state index contributed by atoms with van der Waals surface area (Å²) in [6, 6.07) is 15.9. The molecule has 25 heavy (non-hydrogen) atoms. The van der Waals surface area contributed by atoms with E-state index < -0.39 is 0 Å². The number of benzene rings is 2. The Kier molecular flexibility index (Phi) is 4.73. The molecule has 0 amide bonds. The van der Waals surface area contributed by atoms with E-state index in [4.69, 9.17) is 0 Å². The van der Waals surface area contributed by atoms with Crippen molar-refractivity contribution in [1.29, 1.82) is 0 Å². The standard InChI is InChI=1S/C23H28FN/c1-6-15-23(4,5)22-21(17-11-13-18(24)14-12-17)19-9-7-8-10-20(19)25(22)16(2)3/h7-14,16H,6,15H2,1-5H3. The molecule has 0 saturated carbocycles. The van der Waals surface area contributed by atoms with Gasteiger partial charge in [0.1, 0.15) is 5.82 Å². The van der Waals surface area contributed by atoms with Gasteiger partial charge >= 0.3 is 0 Å². The maximum Gasteiger partial charge on any atom is 0.123 e. The summed E-state index contributed by atoms with van der Waals surface area (Å²) in [6.07, 6.45) is 2.25. The maximum atomic E-state index is 13.5. The minimum Gasteiger partial charge on any atom is -0.341 e. The summed E-state index contributed by atoms with van der Waals surface area (Å²) in [5.74, 6) is -0.189. The second kappa shape index (κ2) is 6.67. The lowest BCUT2D eigenvalue weighted by molar-refractivity contribution is 0.426. The molecule has 3 rings (SSSR count). The third-order valence-corrected chi connectivity index (χ3v) is 5.08. The van der Waals surface area contributed by atoms with Crippen LogP contribution in [0.25, 0.3) is 22.0 Å². The van der Waals surface area contributed by atoms with E-state index in [1.54, 1.807) is 12.1 Å². The number of aromatic nitrogens is 1. The highest BCUT2D eigenvalue weighted by Gasteiger charge is 2.31. The lowest BCUT2D eigenvalue weighted by Gasteiger charge is -2.30. The molecule has 2 heteroatoms. The fourth-order valence-corrected chi connectivity index (χ4v) is 4.12. The Bertz CT molecular complexity index is 869. The fraction of sp³-hybridized carbons (Fsp3) is 0.391. The average Bonchev–Trinajstić information content (AvgIpc) is 2.92. The van der Waals surface area contributed by atoms with Gasteiger partial charge in [-0.15, -0.1) is 0 Å². The molecule has 0 bridgehead atoms. The molecule has 0 aliphatic carbocycles. The van der Waals surface area contributed by atoms with Crippen LogP contribution in [0.2, 0.25) is 0 Å². The van der Waals surface area contributed by atoms with E-state index in [1.165, 1.54) is 22.2 Å². The second-order valence-electron chi connectivity index (χ2n) is 7.85. The minimum atomic E-state index is -0.189. The number of rotatable bonds is 5. The monoisotopic (exact) mass is 337 g/mol. The molecular weight excluding hydrogens is 309 g/mol. The van der Waals surface area contributed by atoms with Crippen molar-refractivity contribution in [3.05, 3.63) is 60.0 Å². The molecule has 0 unspecified atom stereocenters. The van der Waals surface area contributed by atoms with E-state index in [9.17, 15) is 4.39 Å². The van der Waals surface area contributed by atoms with E-state index >= 15 is 0 Å². The van der Waals surface area contributed by atoms with E-state index in [1.807, 2.05) is 12.1 Å². The van der Waals surface area contributed by atoms with Gasteiger partial charge in [-0.05, 0) is 44.0 Å². The molecule has 0 spiro atoms. The van der Waals surface area contributed by atoms with Crippen LogP contribution in [0.5, 0.6) is 0 Å². The van der Waals surface area contributed by atoms with Crippen LogP contribution in [0, 0.1) is 5.82 Å². The van der Waals surface area contributed by atoms with Crippen LogP contribution in [0.15, 0.2) is 48.5 Å². The molecule has 3 aromatic rings. The molecular formula is C23H28FN. The Balaban J connectivity index is 2.43. The molecule has 1 heterocycles. The molecule has 1 aromatic heterocycles. The predicted octanol–water partition coefficient (Wildman–Crippen LogP) is 7.11. The number of hydrogen-bond acceptors (Lipinski definition) is 0. The molecule has 0 radical (unpaired) electrons. The quantitative estimate of drug-likeness (QED) is 0.467. The Morgan fingerprint density at radius 1 is 1.00 bits per heavy atom. The van der Waals surface area contributed by atoms with Crippen molar-refractivity contribution < 1.29 is 4.39 Å². The molecule has 0 atom stereocenters. The van der Waals surface area contributed by atoms with Crippen LogP contribution in [-0.2, 0) is 5.41 Å². The highest BCUT2D eigenvalue weighted by atomic mass is 19.1. The van der Waals surface area contributed by atoms with Gasteiger partial charge in [0.05, 0.1) is 0 Å². The smallest absolute Gasteiger partial charge is 0.123 e. The van der Waals surface area contributed by atoms with Gasteiger partial charge in [-0.3, -0.25) is 0 Å². The maximum absolute atomic E-state index is 13.5. The van der Waals surface area contributed by atoms with Crippen LogP contribution in [0.3, 0.4) is 0 Å². The summed E-state index contributed by atoms with van der Waals surface area (Å²) < 4.78 is 16.0. The van der Waals surface area contributed by atoms with Crippen LogP contribution < -0.4 is 0 Å². The van der Waals surface area contributed by atoms with Crippen LogP contribution >= 0.6 is 0 Å². The molecule has 0 aliphatic heterocycles. The number of fused-ring (bicyclic) bond motifs is 1. The van der Waals surface area contributed by atoms with Gasteiger partial charge in [-0.1, -0.05) is 57.5 Å². The van der Waals surface area contributed by atoms with Crippen molar-refractivity contribution in [3.63, 3.8) is 0 Å². The highest BCUT2D eigenvalue weighted by Crippen LogP contribution is 2.44. The van der Waals surface area contributed by atoms with Crippen LogP contribution in [0.1, 0.15) is 59.2 Å². The number of nitrogens with zero attached hydrogens (tertiary/aromatic N) is 1. The van der Waals surface area contributed by atoms with Gasteiger partial charge in [0.25, 0.3) is 0 Å². The highest BCUT2D eigenvalue weighted by molar-refractivity contribution is 5.98.